The van der Waals surface area contributed by atoms with Crippen molar-refractivity contribution in [3.8, 4) is 0 Å². The van der Waals surface area contributed by atoms with Gasteiger partial charge in [0.15, 0.2) is 6.10 Å². The van der Waals surface area contributed by atoms with Crippen LogP contribution in [0.15, 0.2) is 12.3 Å². The molecule has 0 aliphatic carbocycles. The van der Waals surface area contributed by atoms with Crippen LogP contribution < -0.4 is 5.32 Å². The van der Waals surface area contributed by atoms with Gasteiger partial charge in [0.2, 0.25) is 0 Å². The first-order valence-electron chi connectivity index (χ1n) is 4.98. The summed E-state index contributed by atoms with van der Waals surface area (Å²) in [6.07, 6.45) is -5.08. The average Bonchev–Trinajstić information content (AvgIpc) is 2.29. The van der Waals surface area contributed by atoms with Crippen molar-refractivity contribution >= 4 is 23.4 Å². The molecule has 0 aliphatic rings. The molecule has 0 saturated carbocycles. The number of halogens is 4. The monoisotopic (exact) mass is 298 g/mol. The Kier molecular flexibility index (Phi) is 4.96. The molecule has 19 heavy (non-hydrogen) atoms. The van der Waals surface area contributed by atoms with Gasteiger partial charge in [-0.3, -0.25) is 0 Å². The minimum absolute atomic E-state index is 0.0435. The number of aliphatic carboxylic acids is 1. The Morgan fingerprint density at radius 2 is 2.26 bits per heavy atom. The van der Waals surface area contributed by atoms with E-state index in [0.717, 1.165) is 0 Å². The van der Waals surface area contributed by atoms with Crippen molar-refractivity contribution in [1.29, 1.82) is 0 Å². The average molecular weight is 299 g/mol. The fourth-order valence-corrected chi connectivity index (χ4v) is 1.42. The third-order valence-corrected chi connectivity index (χ3v) is 2.47. The van der Waals surface area contributed by atoms with Gasteiger partial charge in [-0.2, -0.15) is 13.2 Å². The number of carbonyl (C=O) groups is 1. The maximum absolute atomic E-state index is 12.4. The lowest BCUT2D eigenvalue weighted by Gasteiger charge is -2.14. The number of pyridine rings is 1. The molecule has 1 aromatic heterocycles. The summed E-state index contributed by atoms with van der Waals surface area (Å²) in [6, 6.07) is 0.708. The summed E-state index contributed by atoms with van der Waals surface area (Å²) >= 11 is 5.63. The van der Waals surface area contributed by atoms with Crippen LogP contribution in [0.25, 0.3) is 0 Å². The molecule has 1 unspecified atom stereocenters. The molecule has 1 atom stereocenters. The molecule has 0 fully saturated rings. The van der Waals surface area contributed by atoms with Crippen LogP contribution in [0.3, 0.4) is 0 Å². The van der Waals surface area contributed by atoms with Crippen molar-refractivity contribution in [1.82, 2.24) is 4.98 Å². The van der Waals surface area contributed by atoms with Crippen LogP contribution >= 0.6 is 11.6 Å². The van der Waals surface area contributed by atoms with Gasteiger partial charge in [0.25, 0.3) is 0 Å². The Morgan fingerprint density at radius 1 is 1.63 bits per heavy atom. The van der Waals surface area contributed by atoms with Crippen molar-refractivity contribution in [2.45, 2.75) is 12.3 Å². The molecule has 106 valence electrons. The molecule has 0 bridgehead atoms. The van der Waals surface area contributed by atoms with E-state index in [0.29, 0.717) is 12.3 Å². The molecular formula is C10H10ClF3N2O3. The number of aromatic nitrogens is 1. The molecule has 0 saturated heterocycles. The molecule has 0 aliphatic heterocycles. The van der Waals surface area contributed by atoms with Crippen molar-refractivity contribution in [2.75, 3.05) is 19.0 Å². The SMILES string of the molecule is COC(CNc1ncc(C(F)(F)F)cc1Cl)C(=O)O. The second-order valence-electron chi connectivity index (χ2n) is 3.50. The van der Waals surface area contributed by atoms with E-state index in [2.05, 4.69) is 15.0 Å². The number of methoxy groups -OCH3 is 1. The van der Waals surface area contributed by atoms with E-state index in [4.69, 9.17) is 16.7 Å². The number of nitrogens with zero attached hydrogens (tertiary/aromatic N) is 1. The number of alkyl halides is 3. The summed E-state index contributed by atoms with van der Waals surface area (Å²) < 4.78 is 41.7. The predicted molar refractivity (Wildman–Crippen MR) is 61.2 cm³/mol. The molecule has 1 heterocycles. The Balaban J connectivity index is 2.78. The van der Waals surface area contributed by atoms with E-state index in [1.54, 1.807) is 0 Å². The largest absolute Gasteiger partial charge is 0.479 e. The zero-order valence-corrected chi connectivity index (χ0v) is 10.4. The molecule has 2 N–H and O–H groups in total. The minimum Gasteiger partial charge on any atom is -0.479 e. The van der Waals surface area contributed by atoms with E-state index in [1.807, 2.05) is 0 Å². The lowest BCUT2D eigenvalue weighted by Crippen LogP contribution is -2.30. The number of rotatable bonds is 5. The molecule has 0 amide bonds. The van der Waals surface area contributed by atoms with Gasteiger partial charge in [-0.25, -0.2) is 9.78 Å². The highest BCUT2D eigenvalue weighted by atomic mass is 35.5. The number of hydrogen-bond donors (Lipinski definition) is 2. The van der Waals surface area contributed by atoms with Gasteiger partial charge in [0.1, 0.15) is 5.82 Å². The van der Waals surface area contributed by atoms with Gasteiger partial charge in [-0.05, 0) is 6.07 Å². The molecule has 0 aromatic carbocycles. The standard InChI is InChI=1S/C10H10ClF3N2O3/c1-19-7(9(17)18)4-16-8-6(11)2-5(3-15-8)10(12,13)14/h2-3,7H,4H2,1H3,(H,15,16)(H,17,18). The van der Waals surface area contributed by atoms with Crippen LogP contribution in [0.4, 0.5) is 19.0 Å². The first-order valence-corrected chi connectivity index (χ1v) is 5.35. The quantitative estimate of drug-likeness (QED) is 0.872. The third-order valence-electron chi connectivity index (χ3n) is 2.18. The van der Waals surface area contributed by atoms with Crippen molar-refractivity contribution < 1.29 is 27.8 Å². The first-order chi connectivity index (χ1) is 8.75. The number of ether oxygens (including phenoxy) is 1. The van der Waals surface area contributed by atoms with Gasteiger partial charge in [-0.1, -0.05) is 11.6 Å². The molecular weight excluding hydrogens is 289 g/mol. The Morgan fingerprint density at radius 3 is 2.68 bits per heavy atom. The predicted octanol–water partition coefficient (Wildman–Crippen LogP) is 2.27. The summed E-state index contributed by atoms with van der Waals surface area (Å²) in [6.45, 7) is -0.177. The lowest BCUT2D eigenvalue weighted by molar-refractivity contribution is -0.147. The number of nitrogens with one attached hydrogen (secondary N) is 1. The Bertz CT molecular complexity index is 468. The second kappa shape index (κ2) is 6.07. The second-order valence-corrected chi connectivity index (χ2v) is 3.90. The zero-order chi connectivity index (χ0) is 14.6. The van der Waals surface area contributed by atoms with Crippen molar-refractivity contribution in [3.63, 3.8) is 0 Å². The van der Waals surface area contributed by atoms with Gasteiger partial charge in [0.05, 0.1) is 17.1 Å². The van der Waals surface area contributed by atoms with E-state index in [-0.39, 0.29) is 17.4 Å². The maximum Gasteiger partial charge on any atom is 0.417 e. The van der Waals surface area contributed by atoms with Crippen LogP contribution in [-0.2, 0) is 15.7 Å². The normalized spacial score (nSPS) is 13.1. The molecule has 5 nitrogen and oxygen atoms in total. The summed E-state index contributed by atoms with van der Waals surface area (Å²) in [4.78, 5) is 14.2. The molecule has 0 radical (unpaired) electrons. The minimum atomic E-state index is -4.54. The fourth-order valence-electron chi connectivity index (χ4n) is 1.18. The molecule has 1 rings (SSSR count). The highest BCUT2D eigenvalue weighted by Crippen LogP contribution is 2.32. The van der Waals surface area contributed by atoms with Gasteiger partial charge >= 0.3 is 12.1 Å². The Hall–Kier alpha value is -1.54. The van der Waals surface area contributed by atoms with Crippen LogP contribution in [0.1, 0.15) is 5.56 Å². The van der Waals surface area contributed by atoms with Gasteiger partial charge in [-0.15, -0.1) is 0 Å². The van der Waals surface area contributed by atoms with Crippen LogP contribution in [-0.4, -0.2) is 35.8 Å². The zero-order valence-electron chi connectivity index (χ0n) is 9.66. The summed E-state index contributed by atoms with van der Waals surface area (Å²) in [7, 11) is 1.20. The van der Waals surface area contributed by atoms with Gasteiger partial charge in [0, 0.05) is 13.3 Å². The summed E-state index contributed by atoms with van der Waals surface area (Å²) in [5.74, 6) is -1.25. The smallest absolute Gasteiger partial charge is 0.417 e. The first kappa shape index (κ1) is 15.5. The number of hydrogen-bond acceptors (Lipinski definition) is 4. The van der Waals surface area contributed by atoms with E-state index < -0.39 is 23.8 Å². The van der Waals surface area contributed by atoms with Crippen LogP contribution in [0.5, 0.6) is 0 Å². The Labute approximate surface area is 111 Å². The molecule has 9 heteroatoms. The van der Waals surface area contributed by atoms with Crippen molar-refractivity contribution in [3.05, 3.63) is 22.8 Å². The maximum atomic E-state index is 12.4. The summed E-state index contributed by atoms with van der Waals surface area (Å²) in [5.41, 5.74) is -0.982. The van der Waals surface area contributed by atoms with Gasteiger partial charge < -0.3 is 15.2 Å². The highest BCUT2D eigenvalue weighted by molar-refractivity contribution is 6.32. The third kappa shape index (κ3) is 4.25. The lowest BCUT2D eigenvalue weighted by atomic mass is 10.2. The molecule has 0 spiro atoms. The number of carboxylic acid groups (broad SMARTS) is 1. The van der Waals surface area contributed by atoms with Crippen molar-refractivity contribution in [2.24, 2.45) is 0 Å². The van der Waals surface area contributed by atoms with E-state index in [9.17, 15) is 18.0 Å². The van der Waals surface area contributed by atoms with Crippen LogP contribution in [0.2, 0.25) is 5.02 Å². The van der Waals surface area contributed by atoms with E-state index in [1.165, 1.54) is 7.11 Å². The summed E-state index contributed by atoms with van der Waals surface area (Å²) in [5, 5.41) is 11.0. The fraction of sp³-hybridized carbons (Fsp3) is 0.400. The highest BCUT2D eigenvalue weighted by Gasteiger charge is 2.31. The number of carboxylic acids is 1. The number of anilines is 1. The topological polar surface area (TPSA) is 71.5 Å². The van der Waals surface area contributed by atoms with Crippen LogP contribution in [0, 0.1) is 0 Å². The molecule has 1 aromatic rings. The van der Waals surface area contributed by atoms with E-state index >= 15 is 0 Å².